The Morgan fingerprint density at radius 3 is 2.38 bits per heavy atom. The van der Waals surface area contributed by atoms with Crippen molar-refractivity contribution in [2.24, 2.45) is 0 Å². The van der Waals surface area contributed by atoms with Crippen molar-refractivity contribution in [3.05, 3.63) is 66.2 Å². The van der Waals surface area contributed by atoms with Crippen molar-refractivity contribution in [2.45, 2.75) is 25.2 Å². The number of rotatable bonds is 4. The smallest absolute Gasteiger partial charge is 0.410 e. The maximum Gasteiger partial charge on any atom is 0.410 e. The molecule has 1 saturated heterocycles. The normalized spacial score (nSPS) is 19.2. The van der Waals surface area contributed by atoms with Gasteiger partial charge in [-0.15, -0.1) is 0 Å². The zero-order valence-electron chi connectivity index (χ0n) is 14.0. The summed E-state index contributed by atoms with van der Waals surface area (Å²) in [5, 5.41) is 9.98. The molecule has 1 fully saturated rings. The molecule has 2 aromatic carbocycles. The summed E-state index contributed by atoms with van der Waals surface area (Å²) in [6, 6.07) is 17.7. The molecule has 0 saturated carbocycles. The molecule has 136 valence electrons. The number of halogens is 1. The van der Waals surface area contributed by atoms with Gasteiger partial charge in [-0.05, 0) is 17.7 Å². The Kier molecular flexibility index (Phi) is 6.10. The molecule has 26 heavy (non-hydrogen) atoms. The molecule has 2 aromatic rings. The van der Waals surface area contributed by atoms with Crippen LogP contribution in [0.5, 0.6) is 0 Å². The minimum absolute atomic E-state index is 0.0866. The number of anilines is 1. The van der Waals surface area contributed by atoms with Crippen molar-refractivity contribution in [3.8, 4) is 0 Å². The number of hydrogen-bond donors (Lipinski definition) is 1. The predicted molar refractivity (Wildman–Crippen MR) is 106 cm³/mol. The van der Waals surface area contributed by atoms with Gasteiger partial charge in [0.1, 0.15) is 12.6 Å². The Hall–Kier alpha value is -2.13. The van der Waals surface area contributed by atoms with Crippen molar-refractivity contribution >= 4 is 40.6 Å². The third-order valence-corrected chi connectivity index (χ3v) is 5.21. The lowest BCUT2D eigenvalue weighted by atomic mass is 10.2. The number of carbonyl (C=O) groups is 2. The van der Waals surface area contributed by atoms with Gasteiger partial charge < -0.3 is 9.84 Å². The largest absolute Gasteiger partial charge is 0.445 e. The molecule has 0 spiro atoms. The van der Waals surface area contributed by atoms with E-state index in [0.29, 0.717) is 0 Å². The first-order chi connectivity index (χ1) is 12.6. The predicted octanol–water partition coefficient (Wildman–Crippen LogP) is 3.14. The van der Waals surface area contributed by atoms with Crippen molar-refractivity contribution < 1.29 is 19.4 Å². The zero-order valence-corrected chi connectivity index (χ0v) is 16.2. The van der Waals surface area contributed by atoms with Gasteiger partial charge in [0, 0.05) is 6.42 Å². The molecule has 7 heteroatoms. The van der Waals surface area contributed by atoms with Gasteiger partial charge in [0.15, 0.2) is 0 Å². The standard InChI is InChI=1S/C19H19IN2O4/c20-22(15-9-5-2-6-10-15)18(24)17-11-16(23)12-21(17)19(25)26-13-14-7-3-1-4-8-14/h1-10,16-17,23H,11-13H2. The van der Waals surface area contributed by atoms with Crippen LogP contribution in [-0.4, -0.2) is 40.7 Å². The van der Waals surface area contributed by atoms with Gasteiger partial charge in [-0.25, -0.2) is 4.79 Å². The molecular formula is C19H19IN2O4. The van der Waals surface area contributed by atoms with Crippen LogP contribution in [0, 0.1) is 0 Å². The van der Waals surface area contributed by atoms with Gasteiger partial charge in [0.2, 0.25) is 0 Å². The van der Waals surface area contributed by atoms with Gasteiger partial charge in [-0.2, -0.15) is 0 Å². The van der Waals surface area contributed by atoms with E-state index in [0.717, 1.165) is 11.3 Å². The van der Waals surface area contributed by atoms with Gasteiger partial charge in [0.25, 0.3) is 5.91 Å². The van der Waals surface area contributed by atoms with Crippen LogP contribution in [0.4, 0.5) is 10.5 Å². The number of ether oxygens (including phenoxy) is 1. The highest BCUT2D eigenvalue weighted by molar-refractivity contribution is 14.1. The van der Waals surface area contributed by atoms with E-state index in [4.69, 9.17) is 4.74 Å². The van der Waals surface area contributed by atoms with Crippen LogP contribution in [0.25, 0.3) is 0 Å². The maximum absolute atomic E-state index is 12.8. The number of carbonyl (C=O) groups excluding carboxylic acids is 2. The minimum atomic E-state index is -0.745. The molecule has 0 bridgehead atoms. The van der Waals surface area contributed by atoms with E-state index in [1.54, 1.807) is 0 Å². The van der Waals surface area contributed by atoms with Gasteiger partial charge >= 0.3 is 6.09 Å². The second-order valence-corrected chi connectivity index (χ2v) is 7.02. The van der Waals surface area contributed by atoms with Crippen LogP contribution >= 0.6 is 22.9 Å². The van der Waals surface area contributed by atoms with E-state index in [9.17, 15) is 14.7 Å². The average Bonchev–Trinajstić information content (AvgIpc) is 3.08. The Balaban J connectivity index is 1.67. The van der Waals surface area contributed by atoms with E-state index in [2.05, 4.69) is 0 Å². The Bertz CT molecular complexity index is 757. The summed E-state index contributed by atoms with van der Waals surface area (Å²) in [5.74, 6) is -0.259. The van der Waals surface area contributed by atoms with Crippen molar-refractivity contribution in [1.82, 2.24) is 4.90 Å². The molecule has 1 N–H and O–H groups in total. The molecule has 0 aromatic heterocycles. The number of aliphatic hydroxyl groups excluding tert-OH is 1. The van der Waals surface area contributed by atoms with Crippen LogP contribution in [-0.2, 0) is 16.1 Å². The number of amides is 2. The molecule has 2 atom stereocenters. The second-order valence-electron chi connectivity index (χ2n) is 6.05. The lowest BCUT2D eigenvalue weighted by molar-refractivity contribution is -0.121. The number of β-amino-alcohol motifs (C(OH)–C–C–N with tert-alkyl or cyclic N) is 1. The lowest BCUT2D eigenvalue weighted by Gasteiger charge is -2.26. The highest BCUT2D eigenvalue weighted by Gasteiger charge is 2.41. The SMILES string of the molecule is O=C(C1CC(O)CN1C(=O)OCc1ccccc1)N(I)c1ccccc1. The van der Waals surface area contributed by atoms with Crippen molar-refractivity contribution in [2.75, 3.05) is 9.66 Å². The van der Waals surface area contributed by atoms with E-state index >= 15 is 0 Å². The average molecular weight is 466 g/mol. The van der Waals surface area contributed by atoms with E-state index in [1.807, 2.05) is 83.5 Å². The summed E-state index contributed by atoms with van der Waals surface area (Å²) >= 11 is 1.92. The molecule has 0 aliphatic carbocycles. The first-order valence-corrected chi connectivity index (χ1v) is 9.23. The van der Waals surface area contributed by atoms with E-state index < -0.39 is 18.2 Å². The van der Waals surface area contributed by atoms with Gasteiger partial charge in [0.05, 0.1) is 41.2 Å². The summed E-state index contributed by atoms with van der Waals surface area (Å²) in [7, 11) is 0. The van der Waals surface area contributed by atoms with Crippen LogP contribution in [0.1, 0.15) is 12.0 Å². The molecule has 6 nitrogen and oxygen atoms in total. The van der Waals surface area contributed by atoms with Gasteiger partial charge in [-0.1, -0.05) is 48.5 Å². The Labute approximate surface area is 165 Å². The fraction of sp³-hybridized carbons (Fsp3) is 0.263. The maximum atomic E-state index is 12.8. The molecule has 1 heterocycles. The number of benzene rings is 2. The quantitative estimate of drug-likeness (QED) is 0.556. The molecule has 2 unspecified atom stereocenters. The fourth-order valence-electron chi connectivity index (χ4n) is 2.87. The highest BCUT2D eigenvalue weighted by Crippen LogP contribution is 2.26. The van der Waals surface area contributed by atoms with E-state index in [1.165, 1.54) is 8.01 Å². The Morgan fingerprint density at radius 2 is 1.73 bits per heavy atom. The monoisotopic (exact) mass is 466 g/mol. The molecule has 3 rings (SSSR count). The molecule has 0 radical (unpaired) electrons. The van der Waals surface area contributed by atoms with Crippen LogP contribution in [0.3, 0.4) is 0 Å². The summed E-state index contributed by atoms with van der Waals surface area (Å²) in [6.07, 6.45) is -1.14. The topological polar surface area (TPSA) is 70.1 Å². The molecular weight excluding hydrogens is 447 g/mol. The number of likely N-dealkylation sites (tertiary alicyclic amines) is 1. The van der Waals surface area contributed by atoms with Crippen LogP contribution in [0.15, 0.2) is 60.7 Å². The summed E-state index contributed by atoms with van der Waals surface area (Å²) < 4.78 is 6.80. The third kappa shape index (κ3) is 4.34. The number of hydrogen-bond acceptors (Lipinski definition) is 4. The third-order valence-electron chi connectivity index (χ3n) is 4.18. The summed E-state index contributed by atoms with van der Waals surface area (Å²) in [5.41, 5.74) is 1.58. The van der Waals surface area contributed by atoms with Gasteiger partial charge in [-0.3, -0.25) is 12.8 Å². The molecule has 1 aliphatic rings. The summed E-state index contributed by atoms with van der Waals surface area (Å²) in [6.45, 7) is 0.211. The fourth-order valence-corrected chi connectivity index (χ4v) is 3.51. The number of nitrogens with zero attached hydrogens (tertiary/aromatic N) is 2. The van der Waals surface area contributed by atoms with Crippen molar-refractivity contribution in [1.29, 1.82) is 0 Å². The lowest BCUT2D eigenvalue weighted by Crippen LogP contribution is -2.45. The minimum Gasteiger partial charge on any atom is -0.445 e. The van der Waals surface area contributed by atoms with E-state index in [-0.39, 0.29) is 25.5 Å². The zero-order chi connectivity index (χ0) is 18.5. The summed E-state index contributed by atoms with van der Waals surface area (Å²) in [4.78, 5) is 26.6. The first kappa shape index (κ1) is 18.7. The van der Waals surface area contributed by atoms with Crippen molar-refractivity contribution in [3.63, 3.8) is 0 Å². The first-order valence-electron chi connectivity index (χ1n) is 8.26. The second kappa shape index (κ2) is 8.50. The molecule has 2 amide bonds. The Morgan fingerprint density at radius 1 is 1.12 bits per heavy atom. The van der Waals surface area contributed by atoms with Crippen LogP contribution in [0.2, 0.25) is 0 Å². The highest BCUT2D eigenvalue weighted by atomic mass is 127. The number of aliphatic hydroxyl groups is 1. The molecule has 1 aliphatic heterocycles. The number of para-hydroxylation sites is 1. The van der Waals surface area contributed by atoms with Crippen LogP contribution < -0.4 is 3.11 Å².